The number of nitrogens with one attached hydrogen (secondary N) is 1. The number of amides is 2. The Morgan fingerprint density at radius 2 is 2.04 bits per heavy atom. The van der Waals surface area contributed by atoms with Gasteiger partial charge in [-0.05, 0) is 31.0 Å². The Hall–Kier alpha value is -2.42. The molecule has 0 atom stereocenters. The molecule has 2 heterocycles. The lowest BCUT2D eigenvalue weighted by Crippen LogP contribution is -2.35. The third-order valence-electron chi connectivity index (χ3n) is 5.16. The maximum absolute atomic E-state index is 12.9. The molecule has 1 aliphatic carbocycles. The third-order valence-corrected chi connectivity index (χ3v) is 6.16. The number of anilines is 1. The Labute approximate surface area is 163 Å². The van der Waals surface area contributed by atoms with E-state index in [-0.39, 0.29) is 23.9 Å². The molecule has 0 radical (unpaired) electrons. The highest BCUT2D eigenvalue weighted by molar-refractivity contribution is 7.15. The lowest BCUT2D eigenvalue weighted by molar-refractivity contribution is -0.137. The molecular formula is C19H18F3N3O2S. The van der Waals surface area contributed by atoms with Gasteiger partial charge in [-0.15, -0.1) is 0 Å². The van der Waals surface area contributed by atoms with Crippen LogP contribution in [-0.4, -0.2) is 28.2 Å². The van der Waals surface area contributed by atoms with Crippen LogP contribution in [0.15, 0.2) is 24.3 Å². The van der Waals surface area contributed by atoms with Crippen molar-refractivity contribution in [2.75, 3.05) is 11.9 Å². The molecule has 2 aliphatic rings. The van der Waals surface area contributed by atoms with Crippen molar-refractivity contribution in [3.63, 3.8) is 0 Å². The number of aromatic nitrogens is 1. The summed E-state index contributed by atoms with van der Waals surface area (Å²) in [5.41, 5.74) is 0.0122. The van der Waals surface area contributed by atoms with E-state index >= 15 is 0 Å². The van der Waals surface area contributed by atoms with E-state index in [1.54, 1.807) is 0 Å². The van der Waals surface area contributed by atoms with E-state index in [0.29, 0.717) is 18.1 Å². The zero-order chi connectivity index (χ0) is 19.9. The Morgan fingerprint density at radius 1 is 1.25 bits per heavy atom. The van der Waals surface area contributed by atoms with Crippen LogP contribution >= 0.6 is 11.3 Å². The fraction of sp³-hybridized carbons (Fsp3) is 0.421. The molecule has 0 unspecified atom stereocenters. The molecule has 2 aromatic rings. The number of alkyl halides is 3. The maximum Gasteiger partial charge on any atom is 0.416 e. The van der Waals surface area contributed by atoms with E-state index < -0.39 is 17.6 Å². The zero-order valence-electron chi connectivity index (χ0n) is 14.9. The van der Waals surface area contributed by atoms with E-state index in [9.17, 15) is 22.8 Å². The summed E-state index contributed by atoms with van der Waals surface area (Å²) < 4.78 is 38.7. The summed E-state index contributed by atoms with van der Waals surface area (Å²) in [6.07, 6.45) is -1.11. The third kappa shape index (κ3) is 3.76. The number of rotatable bonds is 3. The van der Waals surface area contributed by atoms with Gasteiger partial charge in [0, 0.05) is 29.3 Å². The standard InChI is InChI=1S/C19H18F3N3O2S/c20-19(21,22)13-6-2-5-12(9-13)17(27)25-8-7-14-15(10-25)28-18(23-14)24-16(26)11-3-1-4-11/h2,5-6,9,11H,1,3-4,7-8,10H2,(H,23,24,26). The highest BCUT2D eigenvalue weighted by atomic mass is 32.1. The highest BCUT2D eigenvalue weighted by Crippen LogP contribution is 2.33. The Balaban J connectivity index is 1.46. The van der Waals surface area contributed by atoms with Crippen LogP contribution < -0.4 is 5.32 Å². The summed E-state index contributed by atoms with van der Waals surface area (Å²) in [7, 11) is 0. The van der Waals surface area contributed by atoms with Crippen LogP contribution in [0.4, 0.5) is 18.3 Å². The van der Waals surface area contributed by atoms with Gasteiger partial charge in [-0.3, -0.25) is 9.59 Å². The first-order valence-corrected chi connectivity index (χ1v) is 9.89. The molecule has 1 aliphatic heterocycles. The number of carbonyl (C=O) groups is 2. The fourth-order valence-corrected chi connectivity index (χ4v) is 4.34. The van der Waals surface area contributed by atoms with Crippen molar-refractivity contribution >= 4 is 28.3 Å². The second kappa shape index (κ2) is 7.20. The predicted octanol–water partition coefficient (Wildman–Crippen LogP) is 4.10. The van der Waals surface area contributed by atoms with Crippen LogP contribution in [0.2, 0.25) is 0 Å². The number of carbonyl (C=O) groups excluding carboxylic acids is 2. The summed E-state index contributed by atoms with van der Waals surface area (Å²) in [4.78, 5) is 31.6. The second-order valence-electron chi connectivity index (χ2n) is 7.06. The van der Waals surface area contributed by atoms with Crippen LogP contribution in [-0.2, 0) is 23.9 Å². The molecule has 2 amide bonds. The van der Waals surface area contributed by atoms with Gasteiger partial charge in [-0.2, -0.15) is 13.2 Å². The number of benzene rings is 1. The van der Waals surface area contributed by atoms with Crippen LogP contribution in [0.25, 0.3) is 0 Å². The van der Waals surface area contributed by atoms with Crippen LogP contribution in [0, 0.1) is 5.92 Å². The van der Waals surface area contributed by atoms with Crippen LogP contribution in [0.3, 0.4) is 0 Å². The SMILES string of the molecule is O=C(Nc1nc2c(s1)CN(C(=O)c1cccc(C(F)(F)F)c1)CC2)C1CCC1. The number of thiazole rings is 1. The molecule has 0 spiro atoms. The summed E-state index contributed by atoms with van der Waals surface area (Å²) in [5, 5.41) is 3.36. The molecule has 1 aromatic heterocycles. The Kier molecular flexibility index (Phi) is 4.86. The number of nitrogens with zero attached hydrogens (tertiary/aromatic N) is 2. The van der Waals surface area contributed by atoms with Crippen molar-refractivity contribution in [2.24, 2.45) is 5.92 Å². The Bertz CT molecular complexity index is 921. The van der Waals surface area contributed by atoms with E-state index in [1.807, 2.05) is 0 Å². The molecule has 5 nitrogen and oxygen atoms in total. The van der Waals surface area contributed by atoms with Gasteiger partial charge in [0.1, 0.15) is 0 Å². The Morgan fingerprint density at radius 3 is 2.71 bits per heavy atom. The molecule has 0 saturated heterocycles. The van der Waals surface area contributed by atoms with E-state index in [1.165, 1.54) is 28.4 Å². The minimum Gasteiger partial charge on any atom is -0.333 e. The molecule has 1 N–H and O–H groups in total. The first-order chi connectivity index (χ1) is 13.3. The molecule has 1 aromatic carbocycles. The molecule has 28 heavy (non-hydrogen) atoms. The number of fused-ring (bicyclic) bond motifs is 1. The average Bonchev–Trinajstić information content (AvgIpc) is 3.00. The largest absolute Gasteiger partial charge is 0.416 e. The molecule has 1 saturated carbocycles. The van der Waals surface area contributed by atoms with Crippen molar-refractivity contribution in [1.82, 2.24) is 9.88 Å². The first kappa shape index (κ1) is 18.9. The van der Waals surface area contributed by atoms with E-state index in [4.69, 9.17) is 0 Å². The second-order valence-corrected chi connectivity index (χ2v) is 8.14. The van der Waals surface area contributed by atoms with Crippen molar-refractivity contribution in [3.05, 3.63) is 46.0 Å². The minimum absolute atomic E-state index is 0.0151. The van der Waals surface area contributed by atoms with E-state index in [2.05, 4.69) is 10.3 Å². The van der Waals surface area contributed by atoms with Crippen molar-refractivity contribution < 1.29 is 22.8 Å². The summed E-state index contributed by atoms with van der Waals surface area (Å²) in [6.45, 7) is 0.656. The monoisotopic (exact) mass is 409 g/mol. The van der Waals surface area contributed by atoms with Crippen LogP contribution in [0.5, 0.6) is 0 Å². The number of hydrogen-bond donors (Lipinski definition) is 1. The molecular weight excluding hydrogens is 391 g/mol. The van der Waals surface area contributed by atoms with Gasteiger partial charge in [0.05, 0.1) is 17.8 Å². The molecule has 9 heteroatoms. The molecule has 0 bridgehead atoms. The average molecular weight is 409 g/mol. The van der Waals surface area contributed by atoms with Gasteiger partial charge in [0.25, 0.3) is 5.91 Å². The smallest absolute Gasteiger partial charge is 0.333 e. The van der Waals surface area contributed by atoms with Crippen molar-refractivity contribution in [3.8, 4) is 0 Å². The van der Waals surface area contributed by atoms with Gasteiger partial charge in [-0.25, -0.2) is 4.98 Å². The summed E-state index contributed by atoms with van der Waals surface area (Å²) in [6, 6.07) is 4.47. The molecule has 4 rings (SSSR count). The molecule has 148 valence electrons. The summed E-state index contributed by atoms with van der Waals surface area (Å²) in [5.74, 6) is -0.403. The van der Waals surface area contributed by atoms with Gasteiger partial charge in [0.15, 0.2) is 5.13 Å². The van der Waals surface area contributed by atoms with Crippen molar-refractivity contribution in [1.29, 1.82) is 0 Å². The van der Waals surface area contributed by atoms with Gasteiger partial charge >= 0.3 is 6.18 Å². The van der Waals surface area contributed by atoms with Crippen LogP contribution in [0.1, 0.15) is 45.8 Å². The van der Waals surface area contributed by atoms with Crippen molar-refractivity contribution in [2.45, 2.75) is 38.4 Å². The van der Waals surface area contributed by atoms with Gasteiger partial charge < -0.3 is 10.2 Å². The zero-order valence-corrected chi connectivity index (χ0v) is 15.7. The van der Waals surface area contributed by atoms with Gasteiger partial charge in [-0.1, -0.05) is 23.8 Å². The lowest BCUT2D eigenvalue weighted by atomic mass is 9.85. The summed E-state index contributed by atoms with van der Waals surface area (Å²) >= 11 is 1.32. The lowest BCUT2D eigenvalue weighted by Gasteiger charge is -2.26. The maximum atomic E-state index is 12.9. The minimum atomic E-state index is -4.49. The highest BCUT2D eigenvalue weighted by Gasteiger charge is 2.32. The fourth-order valence-electron chi connectivity index (χ4n) is 3.31. The quantitative estimate of drug-likeness (QED) is 0.830. The number of hydrogen-bond acceptors (Lipinski definition) is 4. The van der Waals surface area contributed by atoms with Gasteiger partial charge in [0.2, 0.25) is 5.91 Å². The number of halogens is 3. The topological polar surface area (TPSA) is 62.3 Å². The molecule has 1 fully saturated rings. The first-order valence-electron chi connectivity index (χ1n) is 9.07. The predicted molar refractivity (Wildman–Crippen MR) is 98.0 cm³/mol. The normalized spacial score (nSPS) is 17.0. The van der Waals surface area contributed by atoms with E-state index in [0.717, 1.165) is 42.0 Å².